The summed E-state index contributed by atoms with van der Waals surface area (Å²) in [6.07, 6.45) is -0.264. The highest BCUT2D eigenvalue weighted by molar-refractivity contribution is 4.79. The molecule has 0 saturated heterocycles. The molecule has 2 N–H and O–H groups in total. The highest BCUT2D eigenvalue weighted by atomic mass is 16.5. The van der Waals surface area contributed by atoms with Crippen LogP contribution in [0.4, 0.5) is 0 Å². The van der Waals surface area contributed by atoms with E-state index in [2.05, 4.69) is 4.74 Å². The van der Waals surface area contributed by atoms with Crippen molar-refractivity contribution in [3.63, 3.8) is 0 Å². The first-order valence-corrected chi connectivity index (χ1v) is 3.44. The van der Waals surface area contributed by atoms with Gasteiger partial charge in [-0.1, -0.05) is 6.92 Å². The summed E-state index contributed by atoms with van der Waals surface area (Å²) in [6, 6.07) is 0. The second-order valence-electron chi connectivity index (χ2n) is 2.68. The second kappa shape index (κ2) is 3.91. The van der Waals surface area contributed by atoms with E-state index in [-0.39, 0.29) is 6.61 Å². The lowest BCUT2D eigenvalue weighted by Gasteiger charge is -2.26. The van der Waals surface area contributed by atoms with Crippen molar-refractivity contribution in [2.75, 3.05) is 13.7 Å². The lowest BCUT2D eigenvalue weighted by atomic mass is 9.97. The maximum atomic E-state index is 9.39. The average molecular weight is 148 g/mol. The van der Waals surface area contributed by atoms with Gasteiger partial charge in [-0.05, 0) is 13.3 Å². The number of rotatable bonds is 4. The summed E-state index contributed by atoms with van der Waals surface area (Å²) in [5.74, 6) is 0. The van der Waals surface area contributed by atoms with Gasteiger partial charge in [0.15, 0.2) is 0 Å². The summed E-state index contributed by atoms with van der Waals surface area (Å²) in [6.45, 7) is 3.59. The Morgan fingerprint density at radius 3 is 2.40 bits per heavy atom. The van der Waals surface area contributed by atoms with Gasteiger partial charge in [-0.3, -0.25) is 0 Å². The van der Waals surface area contributed by atoms with Crippen molar-refractivity contribution >= 4 is 0 Å². The van der Waals surface area contributed by atoms with E-state index in [9.17, 15) is 10.2 Å². The molecule has 0 aromatic heterocycles. The van der Waals surface area contributed by atoms with E-state index in [4.69, 9.17) is 0 Å². The molecule has 0 saturated carbocycles. The van der Waals surface area contributed by atoms with Gasteiger partial charge in [0.25, 0.3) is 0 Å². The molecule has 62 valence electrons. The quantitative estimate of drug-likeness (QED) is 0.597. The Morgan fingerprint density at radius 1 is 1.60 bits per heavy atom. The van der Waals surface area contributed by atoms with Crippen LogP contribution in [0, 0.1) is 0 Å². The number of ether oxygens (including phenoxy) is 1. The Hall–Kier alpha value is -0.120. The van der Waals surface area contributed by atoms with Crippen molar-refractivity contribution in [3.8, 4) is 0 Å². The Balaban J connectivity index is 3.78. The zero-order valence-electron chi connectivity index (χ0n) is 6.79. The smallest absolute Gasteiger partial charge is 0.106 e. The molecule has 0 heterocycles. The lowest BCUT2D eigenvalue weighted by Crippen LogP contribution is -2.41. The largest absolute Gasteiger partial charge is 0.388 e. The summed E-state index contributed by atoms with van der Waals surface area (Å²) in [5.41, 5.74) is -1.02. The van der Waals surface area contributed by atoms with Crippen LogP contribution in [0.25, 0.3) is 0 Å². The van der Waals surface area contributed by atoms with Crippen LogP contribution in [-0.4, -0.2) is 35.6 Å². The summed E-state index contributed by atoms with van der Waals surface area (Å²) < 4.78 is 4.68. The summed E-state index contributed by atoms with van der Waals surface area (Å²) in [5, 5.41) is 18.6. The van der Waals surface area contributed by atoms with Crippen LogP contribution in [0.15, 0.2) is 0 Å². The van der Waals surface area contributed by atoms with Gasteiger partial charge < -0.3 is 14.9 Å². The fourth-order valence-corrected chi connectivity index (χ4v) is 0.573. The van der Waals surface area contributed by atoms with E-state index in [0.717, 1.165) is 0 Å². The van der Waals surface area contributed by atoms with Crippen molar-refractivity contribution in [1.82, 2.24) is 0 Å². The number of methoxy groups -OCH3 is 1. The summed E-state index contributed by atoms with van der Waals surface area (Å²) in [7, 11) is 1.50. The van der Waals surface area contributed by atoms with Crippen molar-refractivity contribution in [3.05, 3.63) is 0 Å². The standard InChI is InChI=1S/C7H16O3/c1-4-7(2,9)6(8)5-10-3/h6,8-9H,4-5H2,1-3H3. The van der Waals surface area contributed by atoms with Crippen LogP contribution in [0.3, 0.4) is 0 Å². The molecule has 0 rings (SSSR count). The van der Waals surface area contributed by atoms with Crippen LogP contribution in [0.1, 0.15) is 20.3 Å². The molecule has 0 radical (unpaired) electrons. The fraction of sp³-hybridized carbons (Fsp3) is 1.00. The average Bonchev–Trinajstić information content (AvgIpc) is 1.89. The molecule has 0 fully saturated rings. The Morgan fingerprint density at radius 2 is 2.10 bits per heavy atom. The van der Waals surface area contributed by atoms with Crippen LogP contribution in [-0.2, 0) is 4.74 Å². The van der Waals surface area contributed by atoms with Gasteiger partial charge in [-0.15, -0.1) is 0 Å². The Bertz CT molecular complexity index is 90.9. The van der Waals surface area contributed by atoms with Gasteiger partial charge >= 0.3 is 0 Å². The van der Waals surface area contributed by atoms with Crippen molar-refractivity contribution in [2.24, 2.45) is 0 Å². The molecule has 2 atom stereocenters. The highest BCUT2D eigenvalue weighted by Crippen LogP contribution is 2.13. The minimum absolute atomic E-state index is 0.181. The summed E-state index contributed by atoms with van der Waals surface area (Å²) >= 11 is 0. The van der Waals surface area contributed by atoms with Crippen molar-refractivity contribution < 1.29 is 14.9 Å². The molecule has 0 aliphatic heterocycles. The molecule has 0 aromatic rings. The molecule has 2 unspecified atom stereocenters. The van der Waals surface area contributed by atoms with Gasteiger partial charge in [0, 0.05) is 7.11 Å². The first-order valence-electron chi connectivity index (χ1n) is 3.44. The molecule has 0 bridgehead atoms. The van der Waals surface area contributed by atoms with Gasteiger partial charge in [0.2, 0.25) is 0 Å². The third-order valence-corrected chi connectivity index (χ3v) is 1.76. The van der Waals surface area contributed by atoms with E-state index in [1.807, 2.05) is 6.92 Å². The zero-order valence-corrected chi connectivity index (χ0v) is 6.79. The third-order valence-electron chi connectivity index (χ3n) is 1.76. The molecule has 3 nitrogen and oxygen atoms in total. The SMILES string of the molecule is CCC(C)(O)C(O)COC. The van der Waals surface area contributed by atoms with Gasteiger partial charge in [0.1, 0.15) is 6.10 Å². The zero-order chi connectivity index (χ0) is 8.20. The van der Waals surface area contributed by atoms with E-state index >= 15 is 0 Å². The van der Waals surface area contributed by atoms with E-state index in [0.29, 0.717) is 6.42 Å². The van der Waals surface area contributed by atoms with E-state index in [1.165, 1.54) is 7.11 Å². The molecule has 0 aromatic carbocycles. The Kier molecular flexibility index (Phi) is 3.86. The molecule has 0 spiro atoms. The minimum Gasteiger partial charge on any atom is -0.388 e. The van der Waals surface area contributed by atoms with Crippen LogP contribution in [0.2, 0.25) is 0 Å². The second-order valence-corrected chi connectivity index (χ2v) is 2.68. The third kappa shape index (κ3) is 2.64. The highest BCUT2D eigenvalue weighted by Gasteiger charge is 2.27. The predicted molar refractivity (Wildman–Crippen MR) is 38.8 cm³/mol. The normalized spacial score (nSPS) is 20.1. The number of aliphatic hydroxyl groups is 2. The molecule has 3 heteroatoms. The number of hydrogen-bond acceptors (Lipinski definition) is 3. The first kappa shape index (κ1) is 9.88. The van der Waals surface area contributed by atoms with E-state index < -0.39 is 11.7 Å². The fourth-order valence-electron chi connectivity index (χ4n) is 0.573. The maximum Gasteiger partial charge on any atom is 0.106 e. The number of aliphatic hydroxyl groups excluding tert-OH is 1. The van der Waals surface area contributed by atoms with E-state index in [1.54, 1.807) is 6.92 Å². The van der Waals surface area contributed by atoms with Crippen LogP contribution >= 0.6 is 0 Å². The molecule has 0 aliphatic rings. The molecule has 0 aliphatic carbocycles. The predicted octanol–water partition coefficient (Wildman–Crippen LogP) is 0.155. The maximum absolute atomic E-state index is 9.39. The lowest BCUT2D eigenvalue weighted by molar-refractivity contribution is -0.0912. The molecule has 0 amide bonds. The topological polar surface area (TPSA) is 49.7 Å². The van der Waals surface area contributed by atoms with Crippen LogP contribution < -0.4 is 0 Å². The minimum atomic E-state index is -1.02. The van der Waals surface area contributed by atoms with Crippen molar-refractivity contribution in [1.29, 1.82) is 0 Å². The monoisotopic (exact) mass is 148 g/mol. The summed E-state index contributed by atoms with van der Waals surface area (Å²) in [4.78, 5) is 0. The van der Waals surface area contributed by atoms with Gasteiger partial charge in [-0.25, -0.2) is 0 Å². The molecular weight excluding hydrogens is 132 g/mol. The Labute approximate surface area is 61.6 Å². The molecule has 10 heavy (non-hydrogen) atoms. The van der Waals surface area contributed by atoms with Crippen molar-refractivity contribution in [2.45, 2.75) is 32.0 Å². The first-order chi connectivity index (χ1) is 4.54. The van der Waals surface area contributed by atoms with Crippen LogP contribution in [0.5, 0.6) is 0 Å². The molecular formula is C7H16O3. The van der Waals surface area contributed by atoms with Gasteiger partial charge in [-0.2, -0.15) is 0 Å². The number of hydrogen-bond donors (Lipinski definition) is 2. The van der Waals surface area contributed by atoms with Gasteiger partial charge in [0.05, 0.1) is 12.2 Å².